The Balaban J connectivity index is 1.53. The first-order valence-corrected chi connectivity index (χ1v) is 10.9. The van der Waals surface area contributed by atoms with E-state index in [4.69, 9.17) is 28.3 Å². The van der Waals surface area contributed by atoms with Crippen LogP contribution in [0.25, 0.3) is 10.2 Å². The zero-order valence-corrected chi connectivity index (χ0v) is 18.1. The summed E-state index contributed by atoms with van der Waals surface area (Å²) in [7, 11) is 0. The van der Waals surface area contributed by atoms with E-state index in [-0.39, 0.29) is 5.91 Å². The second-order valence-corrected chi connectivity index (χ2v) is 9.23. The van der Waals surface area contributed by atoms with Gasteiger partial charge in [0.1, 0.15) is 10.0 Å². The standard InChI is InChI=1S/C20H17Cl2N3O5S/c21-15-17-13(31-18(15)22)6-11(23-17)19(28)24-10-5-8-3-1-2-4-9(8)16(10)25-14(27)7-12(26)20(29)30/h1-4,6,10,12,16,23,26H,5,7H2,(H,24,28)(H,25,27)(H,29,30). The molecule has 5 N–H and O–H groups in total. The van der Waals surface area contributed by atoms with Crippen molar-refractivity contribution in [2.24, 2.45) is 0 Å². The van der Waals surface area contributed by atoms with Gasteiger partial charge in [-0.15, -0.1) is 11.3 Å². The van der Waals surface area contributed by atoms with Crippen LogP contribution in [0.2, 0.25) is 9.36 Å². The lowest BCUT2D eigenvalue weighted by atomic mass is 10.1. The summed E-state index contributed by atoms with van der Waals surface area (Å²) in [5.41, 5.74) is 2.68. The molecule has 3 atom stereocenters. The molecule has 0 saturated heterocycles. The first-order valence-electron chi connectivity index (χ1n) is 9.30. The number of aliphatic hydroxyl groups is 1. The number of thiophene rings is 1. The van der Waals surface area contributed by atoms with Crippen LogP contribution in [-0.4, -0.2) is 45.1 Å². The summed E-state index contributed by atoms with van der Waals surface area (Å²) in [6.07, 6.45) is -1.90. The number of benzene rings is 1. The van der Waals surface area contributed by atoms with Crippen molar-refractivity contribution in [3.05, 3.63) is 56.5 Å². The van der Waals surface area contributed by atoms with Gasteiger partial charge in [0.15, 0.2) is 6.10 Å². The zero-order valence-electron chi connectivity index (χ0n) is 15.8. The van der Waals surface area contributed by atoms with Gasteiger partial charge in [-0.1, -0.05) is 47.5 Å². The Morgan fingerprint density at radius 3 is 2.68 bits per heavy atom. The fraction of sp³-hybridized carbons (Fsp3) is 0.250. The fourth-order valence-corrected chi connectivity index (χ4v) is 5.17. The summed E-state index contributed by atoms with van der Waals surface area (Å²) < 4.78 is 1.19. The van der Waals surface area contributed by atoms with E-state index in [1.165, 1.54) is 11.3 Å². The summed E-state index contributed by atoms with van der Waals surface area (Å²) in [5.74, 6) is -2.48. The van der Waals surface area contributed by atoms with Crippen LogP contribution in [-0.2, 0) is 16.0 Å². The van der Waals surface area contributed by atoms with Gasteiger partial charge in [0.25, 0.3) is 5.91 Å². The van der Waals surface area contributed by atoms with Gasteiger partial charge >= 0.3 is 5.97 Å². The van der Waals surface area contributed by atoms with Crippen LogP contribution in [0, 0.1) is 0 Å². The number of rotatable bonds is 6. The molecule has 4 rings (SSSR count). The number of fused-ring (bicyclic) bond motifs is 2. The number of carbonyl (C=O) groups is 3. The number of carboxylic acids is 1. The van der Waals surface area contributed by atoms with Gasteiger partial charge < -0.3 is 25.8 Å². The molecule has 0 spiro atoms. The Labute approximate surface area is 190 Å². The largest absolute Gasteiger partial charge is 0.479 e. The lowest BCUT2D eigenvalue weighted by molar-refractivity contribution is -0.149. The maximum absolute atomic E-state index is 12.9. The van der Waals surface area contributed by atoms with E-state index < -0.39 is 36.5 Å². The van der Waals surface area contributed by atoms with E-state index in [0.717, 1.165) is 15.8 Å². The minimum atomic E-state index is -1.80. The van der Waals surface area contributed by atoms with Crippen LogP contribution >= 0.6 is 34.5 Å². The van der Waals surface area contributed by atoms with Gasteiger partial charge in [0, 0.05) is 0 Å². The number of nitrogens with one attached hydrogen (secondary N) is 3. The number of amides is 2. The van der Waals surface area contributed by atoms with Crippen molar-refractivity contribution in [1.82, 2.24) is 15.6 Å². The average molecular weight is 482 g/mol. The molecule has 162 valence electrons. The van der Waals surface area contributed by atoms with Crippen LogP contribution in [0.3, 0.4) is 0 Å². The molecular formula is C20H17Cl2N3O5S. The Bertz CT molecular complexity index is 1190. The van der Waals surface area contributed by atoms with Crippen LogP contribution in [0.1, 0.15) is 34.1 Å². The number of halogens is 2. The van der Waals surface area contributed by atoms with Crippen molar-refractivity contribution in [1.29, 1.82) is 0 Å². The topological polar surface area (TPSA) is 132 Å². The molecule has 0 radical (unpaired) electrons. The number of hydrogen-bond acceptors (Lipinski definition) is 5. The molecule has 1 aliphatic carbocycles. The highest BCUT2D eigenvalue weighted by Crippen LogP contribution is 2.39. The molecule has 0 saturated carbocycles. The van der Waals surface area contributed by atoms with Crippen molar-refractivity contribution in [2.45, 2.75) is 31.0 Å². The molecule has 2 amide bonds. The molecule has 3 unspecified atom stereocenters. The number of aliphatic carboxylic acids is 1. The third-order valence-corrected chi connectivity index (χ3v) is 7.08. The van der Waals surface area contributed by atoms with Crippen molar-refractivity contribution in [3.63, 3.8) is 0 Å². The predicted octanol–water partition coefficient (Wildman–Crippen LogP) is 2.88. The van der Waals surface area contributed by atoms with E-state index in [1.807, 2.05) is 24.3 Å². The molecule has 0 bridgehead atoms. The zero-order chi connectivity index (χ0) is 22.3. The number of aliphatic hydroxyl groups excluding tert-OH is 1. The quantitative estimate of drug-likeness (QED) is 0.369. The summed E-state index contributed by atoms with van der Waals surface area (Å²) in [6, 6.07) is 8.05. The molecule has 1 aromatic carbocycles. The number of aromatic nitrogens is 1. The van der Waals surface area contributed by atoms with Crippen LogP contribution in [0.5, 0.6) is 0 Å². The molecule has 31 heavy (non-hydrogen) atoms. The van der Waals surface area contributed by atoms with E-state index >= 15 is 0 Å². The fourth-order valence-electron chi connectivity index (χ4n) is 3.69. The molecule has 0 aliphatic heterocycles. The number of hydrogen-bond donors (Lipinski definition) is 5. The van der Waals surface area contributed by atoms with Gasteiger partial charge in [-0.25, -0.2) is 4.79 Å². The van der Waals surface area contributed by atoms with Gasteiger partial charge in [-0.3, -0.25) is 9.59 Å². The first-order chi connectivity index (χ1) is 14.7. The van der Waals surface area contributed by atoms with Gasteiger partial charge in [-0.05, 0) is 23.6 Å². The molecule has 0 fully saturated rings. The van der Waals surface area contributed by atoms with Crippen molar-refractivity contribution in [2.75, 3.05) is 0 Å². The van der Waals surface area contributed by atoms with Gasteiger partial charge in [0.2, 0.25) is 5.91 Å². The lowest BCUT2D eigenvalue weighted by Crippen LogP contribution is -2.45. The van der Waals surface area contributed by atoms with E-state index in [9.17, 15) is 19.5 Å². The summed E-state index contributed by atoms with van der Waals surface area (Å²) in [4.78, 5) is 39.0. The Morgan fingerprint density at radius 1 is 1.23 bits per heavy atom. The lowest BCUT2D eigenvalue weighted by Gasteiger charge is -2.23. The summed E-state index contributed by atoms with van der Waals surface area (Å²) in [5, 5.41) is 24.3. The smallest absolute Gasteiger partial charge is 0.333 e. The third kappa shape index (κ3) is 4.27. The SMILES string of the molecule is O=C(CC(O)C(=O)O)NC1c2ccccc2CC1NC(=O)c1cc2sc(Cl)c(Cl)c2[nH]1. The molecule has 2 heterocycles. The van der Waals surface area contributed by atoms with Gasteiger partial charge in [0.05, 0.1) is 33.7 Å². The maximum Gasteiger partial charge on any atom is 0.333 e. The summed E-state index contributed by atoms with van der Waals surface area (Å²) >= 11 is 13.4. The van der Waals surface area contributed by atoms with Gasteiger partial charge in [-0.2, -0.15) is 0 Å². The first kappa shape index (κ1) is 21.6. The van der Waals surface area contributed by atoms with Crippen LogP contribution in [0.15, 0.2) is 30.3 Å². The average Bonchev–Trinajstić information content (AvgIpc) is 3.36. The highest BCUT2D eigenvalue weighted by atomic mass is 35.5. The Morgan fingerprint density at radius 2 is 1.97 bits per heavy atom. The second-order valence-electron chi connectivity index (χ2n) is 7.20. The number of H-pyrrole nitrogens is 1. The second kappa shape index (κ2) is 8.51. The minimum Gasteiger partial charge on any atom is -0.479 e. The molecular weight excluding hydrogens is 465 g/mol. The highest BCUT2D eigenvalue weighted by Gasteiger charge is 2.35. The molecule has 1 aliphatic rings. The third-order valence-electron chi connectivity index (χ3n) is 5.15. The van der Waals surface area contributed by atoms with Crippen LogP contribution in [0.4, 0.5) is 0 Å². The molecule has 8 nitrogen and oxygen atoms in total. The van der Waals surface area contributed by atoms with E-state index in [1.54, 1.807) is 6.07 Å². The minimum absolute atomic E-state index is 0.308. The Kier molecular flexibility index (Phi) is 5.94. The number of carboxylic acid groups (broad SMARTS) is 1. The Hall–Kier alpha value is -2.59. The predicted molar refractivity (Wildman–Crippen MR) is 117 cm³/mol. The maximum atomic E-state index is 12.9. The molecule has 3 aromatic rings. The van der Waals surface area contributed by atoms with Crippen LogP contribution < -0.4 is 10.6 Å². The highest BCUT2D eigenvalue weighted by molar-refractivity contribution is 7.23. The van der Waals surface area contributed by atoms with Crippen molar-refractivity contribution < 1.29 is 24.6 Å². The summed E-state index contributed by atoms with van der Waals surface area (Å²) in [6.45, 7) is 0. The number of aromatic amines is 1. The molecule has 2 aromatic heterocycles. The van der Waals surface area contributed by atoms with Crippen molar-refractivity contribution in [3.8, 4) is 0 Å². The van der Waals surface area contributed by atoms with Crippen molar-refractivity contribution >= 4 is 62.5 Å². The van der Waals surface area contributed by atoms with E-state index in [0.29, 0.717) is 27.0 Å². The monoisotopic (exact) mass is 481 g/mol. The number of carbonyl (C=O) groups excluding carboxylic acids is 2. The van der Waals surface area contributed by atoms with E-state index in [2.05, 4.69) is 15.6 Å². The normalized spacial score (nSPS) is 18.5. The molecule has 11 heteroatoms.